The Kier molecular flexibility index (Phi) is 27.3. The van der Waals surface area contributed by atoms with Crippen LogP contribution in [0, 0.1) is 11.8 Å². The van der Waals surface area contributed by atoms with Gasteiger partial charge in [-0.2, -0.15) is 8.75 Å². The number of unbranched alkanes of at least 4 members (excludes halogenated alkanes) is 24. The molecule has 0 saturated carbocycles. The van der Waals surface area contributed by atoms with E-state index in [2.05, 4.69) is 62.7 Å². The lowest BCUT2D eigenvalue weighted by molar-refractivity contribution is 0.400. The van der Waals surface area contributed by atoms with Crippen LogP contribution in [0.15, 0.2) is 35.0 Å². The molecule has 0 spiro atoms. The Labute approximate surface area is 376 Å². The maximum atomic E-state index is 4.93. The fourth-order valence-electron chi connectivity index (χ4n) is 9.44. The molecular weight excluding hydrogens is 773 g/mol. The molecule has 2 atom stereocenters. The third-order valence-corrected chi connectivity index (χ3v) is 15.7. The molecule has 2 unspecified atom stereocenters. The summed E-state index contributed by atoms with van der Waals surface area (Å²) in [6.07, 6.45) is 47.4. The number of fused-ring (bicyclic) bond motifs is 1. The fourth-order valence-corrected chi connectivity index (χ4v) is 11.9. The van der Waals surface area contributed by atoms with Crippen molar-refractivity contribution in [3.8, 4) is 20.9 Å². The molecule has 3 heterocycles. The van der Waals surface area contributed by atoms with E-state index < -0.39 is 0 Å². The molecular formula is C54H88N2S3. The maximum Gasteiger partial charge on any atom is 0.114 e. The summed E-state index contributed by atoms with van der Waals surface area (Å²) >= 11 is 5.22. The average Bonchev–Trinajstić information content (AvgIpc) is 4.04. The first-order valence-electron chi connectivity index (χ1n) is 25.6. The van der Waals surface area contributed by atoms with Gasteiger partial charge in [0.1, 0.15) is 11.0 Å². The molecule has 2 nitrogen and oxygen atoms in total. The van der Waals surface area contributed by atoms with Crippen LogP contribution in [-0.4, -0.2) is 8.75 Å². The zero-order valence-electron chi connectivity index (χ0n) is 38.8. The highest BCUT2D eigenvalue weighted by Crippen LogP contribution is 2.40. The van der Waals surface area contributed by atoms with E-state index in [4.69, 9.17) is 8.75 Å². The third kappa shape index (κ3) is 20.0. The van der Waals surface area contributed by atoms with E-state index in [1.165, 1.54) is 262 Å². The van der Waals surface area contributed by atoms with Crippen LogP contribution in [-0.2, 0) is 12.8 Å². The van der Waals surface area contributed by atoms with Crippen LogP contribution in [0.5, 0.6) is 0 Å². The van der Waals surface area contributed by atoms with E-state index in [1.54, 1.807) is 0 Å². The van der Waals surface area contributed by atoms with Crippen molar-refractivity contribution in [1.82, 2.24) is 8.75 Å². The van der Waals surface area contributed by atoms with Gasteiger partial charge in [-0.15, -0.1) is 22.7 Å². The minimum absolute atomic E-state index is 0.811. The van der Waals surface area contributed by atoms with Crippen LogP contribution in [0.25, 0.3) is 31.9 Å². The lowest BCUT2D eigenvalue weighted by Gasteiger charge is -2.16. The summed E-state index contributed by atoms with van der Waals surface area (Å²) < 4.78 is 9.86. The number of nitrogens with zero attached hydrogens (tertiary/aromatic N) is 2. The van der Waals surface area contributed by atoms with Crippen molar-refractivity contribution in [1.29, 1.82) is 0 Å². The molecule has 4 rings (SSSR count). The first kappa shape index (κ1) is 50.1. The Bertz CT molecular complexity index is 1470. The molecule has 5 heteroatoms. The maximum absolute atomic E-state index is 4.93. The van der Waals surface area contributed by atoms with Crippen LogP contribution in [0.1, 0.15) is 244 Å². The minimum atomic E-state index is 0.811. The molecule has 0 bridgehead atoms. The average molecular weight is 862 g/mol. The molecule has 1 aromatic carbocycles. The van der Waals surface area contributed by atoms with Crippen LogP contribution in [0.3, 0.4) is 0 Å². The van der Waals surface area contributed by atoms with Crippen LogP contribution >= 0.6 is 34.4 Å². The fraction of sp³-hybridized carbons (Fsp3) is 0.741. The van der Waals surface area contributed by atoms with Gasteiger partial charge in [-0.25, -0.2) is 0 Å². The second kappa shape index (κ2) is 32.2. The highest BCUT2D eigenvalue weighted by molar-refractivity contribution is 7.14. The van der Waals surface area contributed by atoms with Gasteiger partial charge < -0.3 is 0 Å². The largest absolute Gasteiger partial charge is 0.172 e. The van der Waals surface area contributed by atoms with E-state index in [0.29, 0.717) is 0 Å². The van der Waals surface area contributed by atoms with Gasteiger partial charge in [0.05, 0.1) is 11.7 Å². The van der Waals surface area contributed by atoms with Gasteiger partial charge >= 0.3 is 0 Å². The second-order valence-corrected chi connectivity index (χ2v) is 20.9. The topological polar surface area (TPSA) is 25.8 Å². The van der Waals surface area contributed by atoms with Crippen molar-refractivity contribution in [2.24, 2.45) is 11.8 Å². The van der Waals surface area contributed by atoms with E-state index in [-0.39, 0.29) is 0 Å². The summed E-state index contributed by atoms with van der Waals surface area (Å²) in [5, 5.41) is 4.91. The number of benzene rings is 1. The Balaban J connectivity index is 1.36. The lowest BCUT2D eigenvalue weighted by Crippen LogP contribution is -2.05. The predicted molar refractivity (Wildman–Crippen MR) is 269 cm³/mol. The van der Waals surface area contributed by atoms with Crippen molar-refractivity contribution in [3.05, 3.63) is 46.2 Å². The quantitative estimate of drug-likeness (QED) is 0.0420. The first-order valence-corrected chi connectivity index (χ1v) is 28.1. The molecule has 0 aliphatic carbocycles. The summed E-state index contributed by atoms with van der Waals surface area (Å²) in [6, 6.07) is 9.71. The van der Waals surface area contributed by atoms with Gasteiger partial charge in [0.2, 0.25) is 0 Å². The van der Waals surface area contributed by atoms with Crippen LogP contribution < -0.4 is 0 Å². The molecule has 0 amide bonds. The van der Waals surface area contributed by atoms with Crippen molar-refractivity contribution >= 4 is 45.4 Å². The summed E-state index contributed by atoms with van der Waals surface area (Å²) in [6.45, 7) is 9.28. The second-order valence-electron chi connectivity index (χ2n) is 18.5. The monoisotopic (exact) mass is 861 g/mol. The normalized spacial score (nSPS) is 12.9. The van der Waals surface area contributed by atoms with Crippen molar-refractivity contribution in [2.45, 2.75) is 246 Å². The molecule has 3 aromatic heterocycles. The third-order valence-electron chi connectivity index (χ3n) is 13.2. The zero-order valence-corrected chi connectivity index (χ0v) is 41.2. The molecule has 0 fully saturated rings. The minimum Gasteiger partial charge on any atom is -0.172 e. The molecule has 0 aliphatic heterocycles. The van der Waals surface area contributed by atoms with Gasteiger partial charge in [-0.3, -0.25) is 0 Å². The highest BCUT2D eigenvalue weighted by atomic mass is 32.1. The van der Waals surface area contributed by atoms with Crippen molar-refractivity contribution in [3.63, 3.8) is 0 Å². The Morgan fingerprint density at radius 3 is 0.983 bits per heavy atom. The molecule has 0 N–H and O–H groups in total. The highest BCUT2D eigenvalue weighted by Gasteiger charge is 2.19. The van der Waals surface area contributed by atoms with E-state index in [1.807, 2.05) is 22.7 Å². The smallest absolute Gasteiger partial charge is 0.114 e. The van der Waals surface area contributed by atoms with Crippen molar-refractivity contribution in [2.75, 3.05) is 0 Å². The van der Waals surface area contributed by atoms with Gasteiger partial charge in [-0.05, 0) is 58.7 Å². The van der Waals surface area contributed by atoms with Gasteiger partial charge in [0, 0.05) is 20.9 Å². The summed E-state index contributed by atoms with van der Waals surface area (Å²) in [5.74, 6) is 1.62. The number of hydrogen-bond donors (Lipinski definition) is 0. The van der Waals surface area contributed by atoms with E-state index >= 15 is 0 Å². The zero-order chi connectivity index (χ0) is 41.6. The number of hydrogen-bond acceptors (Lipinski definition) is 5. The molecule has 59 heavy (non-hydrogen) atoms. The van der Waals surface area contributed by atoms with Gasteiger partial charge in [-0.1, -0.05) is 245 Å². The van der Waals surface area contributed by atoms with E-state index in [0.717, 1.165) is 22.9 Å². The lowest BCUT2D eigenvalue weighted by atomic mass is 9.89. The Morgan fingerprint density at radius 1 is 0.390 bits per heavy atom. The number of aromatic nitrogens is 2. The Hall–Kier alpha value is -1.56. The molecule has 0 radical (unpaired) electrons. The number of rotatable bonds is 38. The molecule has 0 saturated heterocycles. The first-order chi connectivity index (χ1) is 29.2. The summed E-state index contributed by atoms with van der Waals surface area (Å²) in [7, 11) is 0. The predicted octanol–water partition coefficient (Wildman–Crippen LogP) is 20.0. The summed E-state index contributed by atoms with van der Waals surface area (Å²) in [4.78, 5) is 2.72. The van der Waals surface area contributed by atoms with Gasteiger partial charge in [0.15, 0.2) is 0 Å². The van der Waals surface area contributed by atoms with Crippen LogP contribution in [0.4, 0.5) is 0 Å². The standard InChI is InChI=1S/C54H88N2S3/c1-5-9-13-17-21-23-27-31-35-45(33-29-25-19-15-11-7-3)39-47-41-51(57-43-47)49-37-38-50(54-53(49)55-59-56-54)52-42-48(44-58-52)40-46(34-30-26-20-16-12-8-4)36-32-28-24-22-18-14-10-6-2/h37-38,41-46H,5-36,39-40H2,1-4H3. The van der Waals surface area contributed by atoms with Crippen LogP contribution in [0.2, 0.25) is 0 Å². The SMILES string of the molecule is CCCCCCCCCCC(CCCCCCCC)Cc1csc(-c2ccc(-c3cc(CC(CCCCCCCC)CCCCCCCCCC)cs3)c3nsnc23)c1. The van der Waals surface area contributed by atoms with Gasteiger partial charge in [0.25, 0.3) is 0 Å². The molecule has 332 valence electrons. The van der Waals surface area contributed by atoms with E-state index in [9.17, 15) is 0 Å². The number of thiophene rings is 2. The Morgan fingerprint density at radius 2 is 0.678 bits per heavy atom. The van der Waals surface area contributed by atoms with Crippen molar-refractivity contribution < 1.29 is 0 Å². The summed E-state index contributed by atoms with van der Waals surface area (Å²) in [5.41, 5.74) is 7.79. The molecule has 0 aliphatic rings. The molecule has 4 aromatic rings.